The molecule has 0 saturated heterocycles. The van der Waals surface area contributed by atoms with Crippen molar-refractivity contribution in [3.8, 4) is 23.6 Å². The van der Waals surface area contributed by atoms with Crippen molar-refractivity contribution in [1.29, 1.82) is 10.5 Å². The van der Waals surface area contributed by atoms with E-state index in [1.54, 1.807) is 12.1 Å². The van der Waals surface area contributed by atoms with Gasteiger partial charge >= 0.3 is 0 Å². The number of aromatic nitrogens is 1. The zero-order chi connectivity index (χ0) is 18.0. The molecule has 0 aliphatic carbocycles. The summed E-state index contributed by atoms with van der Waals surface area (Å²) >= 11 is 0. The highest BCUT2D eigenvalue weighted by Crippen LogP contribution is 2.29. The number of nitrogens with zero attached hydrogens (tertiary/aromatic N) is 4. The lowest BCUT2D eigenvalue weighted by Gasteiger charge is -2.06. The molecule has 1 N–H and O–H groups in total. The van der Waals surface area contributed by atoms with E-state index < -0.39 is 0 Å². The molecule has 3 aromatic rings. The molecule has 0 unspecified atom stereocenters. The minimum atomic E-state index is -0.238. The fourth-order valence-electron chi connectivity index (χ4n) is 2.57. The lowest BCUT2D eigenvalue weighted by molar-refractivity contribution is 0.617. The van der Waals surface area contributed by atoms with Gasteiger partial charge < -0.3 is 4.42 Å². The fraction of sp³-hybridized carbons (Fsp3) is 0.158. The Morgan fingerprint density at radius 2 is 1.84 bits per heavy atom. The van der Waals surface area contributed by atoms with Crippen molar-refractivity contribution >= 4 is 22.5 Å². The van der Waals surface area contributed by atoms with E-state index in [4.69, 9.17) is 14.9 Å². The maximum atomic E-state index is 8.77. The average Bonchev–Trinajstić information content (AvgIpc) is 3.01. The molecular formula is C19H15N5O. The fourth-order valence-corrected chi connectivity index (χ4v) is 2.57. The number of oxazole rings is 1. The summed E-state index contributed by atoms with van der Waals surface area (Å²) in [6, 6.07) is 13.1. The Labute approximate surface area is 145 Å². The van der Waals surface area contributed by atoms with Crippen LogP contribution in [0.2, 0.25) is 0 Å². The second-order valence-electron chi connectivity index (χ2n) is 5.77. The molecule has 0 aliphatic heterocycles. The Balaban J connectivity index is 2.03. The number of aryl methyl sites for hydroxylation is 3. The lowest BCUT2D eigenvalue weighted by atomic mass is 10.1. The van der Waals surface area contributed by atoms with Gasteiger partial charge in [-0.05, 0) is 55.7 Å². The molecule has 25 heavy (non-hydrogen) atoms. The van der Waals surface area contributed by atoms with Gasteiger partial charge in [-0.25, -0.2) is 4.98 Å². The highest BCUT2D eigenvalue weighted by Gasteiger charge is 2.12. The third kappa shape index (κ3) is 3.19. The summed E-state index contributed by atoms with van der Waals surface area (Å²) in [7, 11) is 0. The second-order valence-corrected chi connectivity index (χ2v) is 5.77. The van der Waals surface area contributed by atoms with Crippen LogP contribution >= 0.6 is 0 Å². The van der Waals surface area contributed by atoms with E-state index in [9.17, 15) is 0 Å². The first-order chi connectivity index (χ1) is 12.0. The van der Waals surface area contributed by atoms with E-state index in [0.717, 1.165) is 33.4 Å². The van der Waals surface area contributed by atoms with Crippen LogP contribution in [0.1, 0.15) is 16.7 Å². The molecule has 2 aromatic carbocycles. The maximum Gasteiger partial charge on any atom is 0.237 e. The van der Waals surface area contributed by atoms with Gasteiger partial charge in [-0.15, -0.1) is 0 Å². The number of fused-ring (bicyclic) bond motifs is 1. The Kier molecular flexibility index (Phi) is 4.20. The molecule has 0 saturated carbocycles. The van der Waals surface area contributed by atoms with Gasteiger partial charge in [0.25, 0.3) is 0 Å². The molecule has 0 spiro atoms. The summed E-state index contributed by atoms with van der Waals surface area (Å²) in [5.41, 5.74) is 8.65. The molecule has 0 bridgehead atoms. The molecule has 6 nitrogen and oxygen atoms in total. The van der Waals surface area contributed by atoms with Crippen molar-refractivity contribution in [2.45, 2.75) is 20.8 Å². The first kappa shape index (κ1) is 16.2. The summed E-state index contributed by atoms with van der Waals surface area (Å²) in [5, 5.41) is 21.3. The third-order valence-corrected chi connectivity index (χ3v) is 3.80. The van der Waals surface area contributed by atoms with E-state index in [-0.39, 0.29) is 5.71 Å². The van der Waals surface area contributed by atoms with Crippen LogP contribution in [0.4, 0.5) is 5.69 Å². The SMILES string of the molecule is Cc1cc(C)c2oc(-c3ccc(C)c(NN=C(C#N)C#N)c3)nc2c1. The van der Waals surface area contributed by atoms with Gasteiger partial charge in [0.05, 0.1) is 5.69 Å². The number of hydrazone groups is 1. The first-order valence-corrected chi connectivity index (χ1v) is 7.64. The minimum absolute atomic E-state index is 0.238. The Bertz CT molecular complexity index is 1060. The average molecular weight is 329 g/mol. The van der Waals surface area contributed by atoms with Gasteiger partial charge in [-0.2, -0.15) is 15.6 Å². The van der Waals surface area contributed by atoms with Crippen LogP contribution < -0.4 is 5.43 Å². The van der Waals surface area contributed by atoms with Gasteiger partial charge in [0, 0.05) is 5.56 Å². The van der Waals surface area contributed by atoms with Crippen molar-refractivity contribution in [1.82, 2.24) is 4.98 Å². The minimum Gasteiger partial charge on any atom is -0.436 e. The second kappa shape index (κ2) is 6.46. The molecule has 0 amide bonds. The summed E-state index contributed by atoms with van der Waals surface area (Å²) in [6.45, 7) is 5.92. The topological polar surface area (TPSA) is 98.0 Å². The summed E-state index contributed by atoms with van der Waals surface area (Å²) < 4.78 is 5.92. The third-order valence-electron chi connectivity index (χ3n) is 3.80. The van der Waals surface area contributed by atoms with E-state index >= 15 is 0 Å². The van der Waals surface area contributed by atoms with Gasteiger partial charge in [0.15, 0.2) is 5.58 Å². The monoisotopic (exact) mass is 329 g/mol. The van der Waals surface area contributed by atoms with Crippen LogP contribution in [-0.4, -0.2) is 10.7 Å². The molecule has 1 aromatic heterocycles. The highest BCUT2D eigenvalue weighted by molar-refractivity contribution is 6.10. The smallest absolute Gasteiger partial charge is 0.237 e. The molecule has 1 heterocycles. The molecule has 0 radical (unpaired) electrons. The number of benzene rings is 2. The number of hydrogen-bond acceptors (Lipinski definition) is 6. The molecule has 0 atom stereocenters. The van der Waals surface area contributed by atoms with E-state index in [1.165, 1.54) is 0 Å². The van der Waals surface area contributed by atoms with Gasteiger partial charge in [-0.3, -0.25) is 5.43 Å². The van der Waals surface area contributed by atoms with Gasteiger partial charge in [0.1, 0.15) is 17.7 Å². The Morgan fingerprint density at radius 1 is 1.08 bits per heavy atom. The van der Waals surface area contributed by atoms with Gasteiger partial charge in [0.2, 0.25) is 11.6 Å². The molecule has 0 fully saturated rings. The zero-order valence-corrected chi connectivity index (χ0v) is 14.1. The van der Waals surface area contributed by atoms with Crippen molar-refractivity contribution in [3.63, 3.8) is 0 Å². The lowest BCUT2D eigenvalue weighted by Crippen LogP contribution is -1.98. The van der Waals surface area contributed by atoms with Gasteiger partial charge in [-0.1, -0.05) is 12.1 Å². The molecule has 3 rings (SSSR count). The van der Waals surface area contributed by atoms with E-state index in [1.807, 2.05) is 45.0 Å². The zero-order valence-electron chi connectivity index (χ0n) is 14.1. The molecule has 122 valence electrons. The van der Waals surface area contributed by atoms with Crippen molar-refractivity contribution in [2.24, 2.45) is 5.10 Å². The normalized spacial score (nSPS) is 10.1. The molecule has 6 heteroatoms. The van der Waals surface area contributed by atoms with Crippen LogP contribution in [0.5, 0.6) is 0 Å². The standard InChI is InChI=1S/C19H15N5O/c1-11-6-13(3)18-17(7-11)22-19(25-18)14-5-4-12(2)16(8-14)24-23-15(9-20)10-21/h4-8,24H,1-3H3. The van der Waals surface area contributed by atoms with Crippen molar-refractivity contribution < 1.29 is 4.42 Å². The largest absolute Gasteiger partial charge is 0.436 e. The highest BCUT2D eigenvalue weighted by atomic mass is 16.3. The van der Waals surface area contributed by atoms with Crippen molar-refractivity contribution in [2.75, 3.05) is 5.43 Å². The number of hydrogen-bond donors (Lipinski definition) is 1. The van der Waals surface area contributed by atoms with E-state index in [0.29, 0.717) is 11.6 Å². The first-order valence-electron chi connectivity index (χ1n) is 7.64. The van der Waals surface area contributed by atoms with Crippen LogP contribution in [0.25, 0.3) is 22.6 Å². The predicted octanol–water partition coefficient (Wildman–Crippen LogP) is 4.24. The Hall–Kier alpha value is -3.64. The maximum absolute atomic E-state index is 8.77. The number of rotatable bonds is 3. The van der Waals surface area contributed by atoms with Crippen LogP contribution in [0.15, 0.2) is 39.9 Å². The Morgan fingerprint density at radius 3 is 2.56 bits per heavy atom. The quantitative estimate of drug-likeness (QED) is 0.572. The van der Waals surface area contributed by atoms with Crippen LogP contribution in [-0.2, 0) is 0 Å². The van der Waals surface area contributed by atoms with Crippen molar-refractivity contribution in [3.05, 3.63) is 47.0 Å². The van der Waals surface area contributed by atoms with Crippen LogP contribution in [0, 0.1) is 43.4 Å². The number of nitriles is 2. The summed E-state index contributed by atoms with van der Waals surface area (Å²) in [6.07, 6.45) is 0. The predicted molar refractivity (Wildman–Crippen MR) is 95.9 cm³/mol. The summed E-state index contributed by atoms with van der Waals surface area (Å²) in [4.78, 5) is 4.57. The van der Waals surface area contributed by atoms with Crippen LogP contribution in [0.3, 0.4) is 0 Å². The summed E-state index contributed by atoms with van der Waals surface area (Å²) in [5.74, 6) is 0.511. The number of anilines is 1. The molecule has 0 aliphatic rings. The molecular weight excluding hydrogens is 314 g/mol. The number of nitrogens with one attached hydrogen (secondary N) is 1. The van der Waals surface area contributed by atoms with E-state index in [2.05, 4.69) is 21.6 Å².